The van der Waals surface area contributed by atoms with Crippen LogP contribution in [0.25, 0.3) is 0 Å². The minimum absolute atomic E-state index is 0.378. The van der Waals surface area contributed by atoms with Crippen LogP contribution in [0.5, 0.6) is 11.5 Å². The molecule has 0 aliphatic heterocycles. The lowest BCUT2D eigenvalue weighted by Crippen LogP contribution is -2.12. The summed E-state index contributed by atoms with van der Waals surface area (Å²) < 4.78 is 23.2. The van der Waals surface area contributed by atoms with E-state index in [1.54, 1.807) is 0 Å². The topological polar surface area (TPSA) is 39.7 Å². The Morgan fingerprint density at radius 3 is 2.07 bits per heavy atom. The molecule has 1 N–H and O–H groups in total. The fourth-order valence-corrected chi connectivity index (χ4v) is 1.27. The molecule has 4 nitrogen and oxygen atoms in total. The molecule has 0 aromatic heterocycles. The van der Waals surface area contributed by atoms with Crippen molar-refractivity contribution in [3.63, 3.8) is 0 Å². The summed E-state index contributed by atoms with van der Waals surface area (Å²) in [5, 5.41) is 0. The van der Waals surface area contributed by atoms with Gasteiger partial charge in [-0.25, -0.2) is 4.39 Å². The Hall–Kier alpha value is -1.33. The highest BCUT2D eigenvalue weighted by Crippen LogP contribution is 2.29. The van der Waals surface area contributed by atoms with Gasteiger partial charge in [0.1, 0.15) is 17.3 Å². The lowest BCUT2D eigenvalue weighted by atomic mass is 10.1. The molecule has 0 heterocycles. The van der Waals surface area contributed by atoms with Gasteiger partial charge in [0.15, 0.2) is 0 Å². The molecule has 0 aliphatic carbocycles. The predicted molar refractivity (Wildman–Crippen MR) is 53.4 cm³/mol. The van der Waals surface area contributed by atoms with Crippen LogP contribution in [0.4, 0.5) is 4.39 Å². The van der Waals surface area contributed by atoms with Crippen molar-refractivity contribution in [2.75, 3.05) is 21.3 Å². The molecule has 0 amide bonds. The second kappa shape index (κ2) is 5.53. The summed E-state index contributed by atoms with van der Waals surface area (Å²) in [5.74, 6) is 0.456. The number of hydroxylamine groups is 1. The smallest absolute Gasteiger partial charge is 0.130 e. The highest BCUT2D eigenvalue weighted by atomic mass is 19.1. The maximum absolute atomic E-state index is 13.1. The van der Waals surface area contributed by atoms with Crippen molar-refractivity contribution in [1.82, 2.24) is 5.48 Å². The van der Waals surface area contributed by atoms with Gasteiger partial charge in [0.05, 0.1) is 33.4 Å². The van der Waals surface area contributed by atoms with Gasteiger partial charge in [0, 0.05) is 12.1 Å². The molecule has 15 heavy (non-hydrogen) atoms. The van der Waals surface area contributed by atoms with Crippen LogP contribution < -0.4 is 15.0 Å². The van der Waals surface area contributed by atoms with E-state index in [4.69, 9.17) is 14.3 Å². The lowest BCUT2D eigenvalue weighted by Gasteiger charge is -2.13. The van der Waals surface area contributed by atoms with Gasteiger partial charge in [0.25, 0.3) is 0 Å². The number of halogens is 1. The normalized spacial score (nSPS) is 10.1. The van der Waals surface area contributed by atoms with E-state index in [0.717, 1.165) is 0 Å². The fourth-order valence-electron chi connectivity index (χ4n) is 1.27. The van der Waals surface area contributed by atoms with Crippen molar-refractivity contribution in [3.05, 3.63) is 23.5 Å². The number of hydrogen-bond acceptors (Lipinski definition) is 4. The second-order valence-electron chi connectivity index (χ2n) is 2.81. The number of ether oxygens (including phenoxy) is 2. The predicted octanol–water partition coefficient (Wildman–Crippen LogP) is 1.49. The molecule has 0 aliphatic rings. The summed E-state index contributed by atoms with van der Waals surface area (Å²) >= 11 is 0. The van der Waals surface area contributed by atoms with Crippen LogP contribution in [0.2, 0.25) is 0 Å². The van der Waals surface area contributed by atoms with E-state index < -0.39 is 5.82 Å². The van der Waals surface area contributed by atoms with E-state index in [9.17, 15) is 4.39 Å². The molecular weight excluding hydrogens is 201 g/mol. The zero-order valence-electron chi connectivity index (χ0n) is 8.96. The van der Waals surface area contributed by atoms with Crippen LogP contribution in [0, 0.1) is 5.82 Å². The number of nitrogens with one attached hydrogen (secondary N) is 1. The molecule has 1 aromatic rings. The van der Waals surface area contributed by atoms with Crippen LogP contribution in [0.15, 0.2) is 12.1 Å². The molecule has 0 saturated carbocycles. The Morgan fingerprint density at radius 2 is 1.67 bits per heavy atom. The number of hydrogen-bond donors (Lipinski definition) is 1. The molecule has 5 heteroatoms. The van der Waals surface area contributed by atoms with E-state index in [-0.39, 0.29) is 0 Å². The van der Waals surface area contributed by atoms with Crippen LogP contribution in [-0.2, 0) is 11.4 Å². The van der Waals surface area contributed by atoms with Gasteiger partial charge < -0.3 is 14.3 Å². The Kier molecular flexibility index (Phi) is 4.33. The summed E-state index contributed by atoms with van der Waals surface area (Å²) in [6, 6.07) is 2.60. The minimum Gasteiger partial charge on any atom is -0.496 e. The van der Waals surface area contributed by atoms with Crippen molar-refractivity contribution < 1.29 is 18.7 Å². The zero-order valence-corrected chi connectivity index (χ0v) is 8.96. The largest absolute Gasteiger partial charge is 0.496 e. The molecule has 1 aromatic carbocycles. The van der Waals surface area contributed by atoms with Gasteiger partial charge in [-0.15, -0.1) is 0 Å². The van der Waals surface area contributed by atoms with Crippen molar-refractivity contribution in [2.24, 2.45) is 0 Å². The van der Waals surface area contributed by atoms with Gasteiger partial charge in [0.2, 0.25) is 0 Å². The molecule has 1 rings (SSSR count). The third-order valence-electron chi connectivity index (χ3n) is 1.97. The van der Waals surface area contributed by atoms with Gasteiger partial charge in [-0.2, -0.15) is 5.48 Å². The maximum Gasteiger partial charge on any atom is 0.130 e. The summed E-state index contributed by atoms with van der Waals surface area (Å²) in [6.45, 7) is 0.378. The van der Waals surface area contributed by atoms with Crippen molar-refractivity contribution in [2.45, 2.75) is 6.54 Å². The number of benzene rings is 1. The quantitative estimate of drug-likeness (QED) is 0.755. The fraction of sp³-hybridized carbons (Fsp3) is 0.400. The molecule has 0 unspecified atom stereocenters. The summed E-state index contributed by atoms with van der Waals surface area (Å²) in [5.41, 5.74) is 3.36. The summed E-state index contributed by atoms with van der Waals surface area (Å²) in [6.07, 6.45) is 0. The average molecular weight is 215 g/mol. The van der Waals surface area contributed by atoms with E-state index in [1.807, 2.05) is 0 Å². The first kappa shape index (κ1) is 11.7. The van der Waals surface area contributed by atoms with Crippen molar-refractivity contribution in [3.8, 4) is 11.5 Å². The van der Waals surface area contributed by atoms with E-state index in [2.05, 4.69) is 5.48 Å². The molecule has 0 saturated heterocycles. The molecule has 0 spiro atoms. The van der Waals surface area contributed by atoms with Gasteiger partial charge >= 0.3 is 0 Å². The first-order valence-corrected chi connectivity index (χ1v) is 4.39. The molecule has 84 valence electrons. The van der Waals surface area contributed by atoms with Gasteiger partial charge in [-0.3, -0.25) is 0 Å². The standard InChI is InChI=1S/C10H14FNO3/c1-13-9-4-7(11)5-10(14-2)8(9)6-12-15-3/h4-5,12H,6H2,1-3H3. The Bertz CT molecular complexity index is 305. The SMILES string of the molecule is CONCc1c(OC)cc(F)cc1OC. The summed E-state index contributed by atoms with van der Waals surface area (Å²) in [4.78, 5) is 4.72. The average Bonchev–Trinajstić information content (AvgIpc) is 2.26. The maximum atomic E-state index is 13.1. The number of methoxy groups -OCH3 is 2. The first-order valence-electron chi connectivity index (χ1n) is 4.39. The molecule has 0 radical (unpaired) electrons. The van der Waals surface area contributed by atoms with Gasteiger partial charge in [-0.1, -0.05) is 0 Å². The monoisotopic (exact) mass is 215 g/mol. The minimum atomic E-state index is -0.398. The highest BCUT2D eigenvalue weighted by Gasteiger charge is 2.12. The third-order valence-corrected chi connectivity index (χ3v) is 1.97. The molecule has 0 fully saturated rings. The Labute approximate surface area is 87.9 Å². The molecular formula is C10H14FNO3. The molecule has 0 atom stereocenters. The van der Waals surface area contributed by atoms with E-state index >= 15 is 0 Å². The Morgan fingerprint density at radius 1 is 1.13 bits per heavy atom. The zero-order chi connectivity index (χ0) is 11.3. The first-order chi connectivity index (χ1) is 7.22. The van der Waals surface area contributed by atoms with Crippen LogP contribution in [-0.4, -0.2) is 21.3 Å². The second-order valence-corrected chi connectivity index (χ2v) is 2.81. The van der Waals surface area contributed by atoms with Crippen molar-refractivity contribution >= 4 is 0 Å². The number of rotatable bonds is 5. The van der Waals surface area contributed by atoms with E-state index in [0.29, 0.717) is 23.6 Å². The van der Waals surface area contributed by atoms with Crippen LogP contribution in [0.3, 0.4) is 0 Å². The highest BCUT2D eigenvalue weighted by molar-refractivity contribution is 5.45. The Balaban J connectivity index is 3.06. The third kappa shape index (κ3) is 2.81. The van der Waals surface area contributed by atoms with Crippen LogP contribution >= 0.6 is 0 Å². The summed E-state index contributed by atoms with van der Waals surface area (Å²) in [7, 11) is 4.46. The van der Waals surface area contributed by atoms with Gasteiger partial charge in [-0.05, 0) is 0 Å². The molecule has 0 bridgehead atoms. The lowest BCUT2D eigenvalue weighted by molar-refractivity contribution is 0.0854. The van der Waals surface area contributed by atoms with E-state index in [1.165, 1.54) is 33.5 Å². The van der Waals surface area contributed by atoms with Crippen molar-refractivity contribution in [1.29, 1.82) is 0 Å². The van der Waals surface area contributed by atoms with Crippen LogP contribution in [0.1, 0.15) is 5.56 Å².